The monoisotopic (exact) mass is 370 g/mol. The Balaban J connectivity index is 1.74. The summed E-state index contributed by atoms with van der Waals surface area (Å²) in [4.78, 5) is 21.8. The number of allylic oxidation sites excluding steroid dienone is 1. The van der Waals surface area contributed by atoms with Crippen molar-refractivity contribution in [3.8, 4) is 11.3 Å². The first-order valence-corrected chi connectivity index (χ1v) is 9.30. The van der Waals surface area contributed by atoms with Gasteiger partial charge in [-0.3, -0.25) is 14.2 Å². The number of hydrogen-bond donors (Lipinski definition) is 1. The maximum atomic E-state index is 12.6. The van der Waals surface area contributed by atoms with Crippen LogP contribution >= 0.6 is 11.3 Å². The van der Waals surface area contributed by atoms with E-state index < -0.39 is 0 Å². The average Bonchev–Trinajstić information content (AvgIpc) is 3.30. The largest absolute Gasteiger partial charge is 0.384 e. The van der Waals surface area contributed by atoms with Gasteiger partial charge in [-0.05, 0) is 17.7 Å². The van der Waals surface area contributed by atoms with Crippen LogP contribution in [0.4, 0.5) is 11.5 Å². The minimum absolute atomic E-state index is 0.334. The van der Waals surface area contributed by atoms with Gasteiger partial charge >= 0.3 is 0 Å². The van der Waals surface area contributed by atoms with Crippen LogP contribution in [0.15, 0.2) is 69.8 Å². The second-order valence-corrected chi connectivity index (χ2v) is 7.03. The van der Waals surface area contributed by atoms with Crippen LogP contribution in [0.2, 0.25) is 0 Å². The van der Waals surface area contributed by atoms with Crippen LogP contribution < -0.4 is 11.3 Å². The number of aromatic nitrogens is 2. The van der Waals surface area contributed by atoms with Crippen molar-refractivity contribution >= 4 is 45.7 Å². The molecule has 2 aromatic carbocycles. The Morgan fingerprint density at radius 3 is 2.67 bits per heavy atom. The fourth-order valence-corrected chi connectivity index (χ4v) is 4.15. The van der Waals surface area contributed by atoms with Gasteiger partial charge in [0.05, 0.1) is 16.9 Å². The van der Waals surface area contributed by atoms with Crippen molar-refractivity contribution in [2.45, 2.75) is 0 Å². The molecule has 0 amide bonds. The fraction of sp³-hybridized carbons (Fsp3) is 0. The third-order valence-electron chi connectivity index (χ3n) is 4.58. The Labute approximate surface area is 158 Å². The van der Waals surface area contributed by atoms with Crippen molar-refractivity contribution in [1.82, 2.24) is 9.38 Å². The fourth-order valence-electron chi connectivity index (χ4n) is 3.25. The maximum Gasteiger partial charge on any atom is 0.283 e. The molecule has 5 nitrogen and oxygen atoms in total. The van der Waals surface area contributed by atoms with Gasteiger partial charge in [-0.1, -0.05) is 48.5 Å². The number of benzene rings is 2. The van der Waals surface area contributed by atoms with Gasteiger partial charge in [0.15, 0.2) is 4.96 Å². The van der Waals surface area contributed by atoms with Crippen LogP contribution in [0.3, 0.4) is 0 Å². The minimum Gasteiger partial charge on any atom is -0.384 e. The van der Waals surface area contributed by atoms with E-state index in [2.05, 4.69) is 9.98 Å². The number of hydrogen-bond acceptors (Lipinski definition) is 5. The molecule has 2 N–H and O–H groups in total. The van der Waals surface area contributed by atoms with E-state index in [9.17, 15) is 4.79 Å². The Kier molecular flexibility index (Phi) is 3.51. The van der Waals surface area contributed by atoms with Gasteiger partial charge < -0.3 is 5.73 Å². The predicted octanol–water partition coefficient (Wildman–Crippen LogP) is 4.26. The molecular weight excluding hydrogens is 356 g/mol. The third-order valence-corrected chi connectivity index (χ3v) is 5.41. The number of rotatable bonds is 2. The molecule has 2 aromatic heterocycles. The van der Waals surface area contributed by atoms with E-state index >= 15 is 0 Å². The molecule has 3 heterocycles. The number of nitrogen functional groups attached to an aromatic ring is 1. The Hall–Kier alpha value is -3.51. The topological polar surface area (TPSA) is 72.8 Å². The van der Waals surface area contributed by atoms with Crippen molar-refractivity contribution in [2.24, 2.45) is 4.99 Å². The summed E-state index contributed by atoms with van der Waals surface area (Å²) in [6, 6.07) is 17.7. The number of nitrogens with two attached hydrogens (primary N) is 1. The Morgan fingerprint density at radius 2 is 1.81 bits per heavy atom. The molecule has 4 aromatic rings. The van der Waals surface area contributed by atoms with Crippen molar-refractivity contribution in [3.63, 3.8) is 0 Å². The summed E-state index contributed by atoms with van der Waals surface area (Å²) in [5, 5.41) is 1.97. The zero-order valence-corrected chi connectivity index (χ0v) is 15.0. The molecule has 0 aliphatic carbocycles. The Bertz CT molecular complexity index is 1300. The van der Waals surface area contributed by atoms with Gasteiger partial charge in [-0.2, -0.15) is 4.98 Å². The molecule has 0 fully saturated rings. The van der Waals surface area contributed by atoms with Gasteiger partial charge in [0.25, 0.3) is 5.56 Å². The highest BCUT2D eigenvalue weighted by Crippen LogP contribution is 2.33. The second kappa shape index (κ2) is 6.03. The third kappa shape index (κ3) is 2.50. The molecule has 27 heavy (non-hydrogen) atoms. The lowest BCUT2D eigenvalue weighted by molar-refractivity contribution is 1.12. The highest BCUT2D eigenvalue weighted by molar-refractivity contribution is 7.15. The number of fused-ring (bicyclic) bond motifs is 2. The van der Waals surface area contributed by atoms with Crippen molar-refractivity contribution in [3.05, 3.63) is 81.5 Å². The van der Waals surface area contributed by atoms with E-state index in [0.29, 0.717) is 16.3 Å². The molecule has 5 rings (SSSR count). The summed E-state index contributed by atoms with van der Waals surface area (Å²) in [7, 11) is 0. The molecule has 0 spiro atoms. The summed E-state index contributed by atoms with van der Waals surface area (Å²) >= 11 is 1.40. The highest BCUT2D eigenvalue weighted by atomic mass is 32.1. The number of nitrogens with zero attached hydrogens (tertiary/aromatic N) is 3. The molecule has 0 saturated heterocycles. The molecular formula is C21H14N4OS. The summed E-state index contributed by atoms with van der Waals surface area (Å²) in [5.74, 6) is 0.385. The lowest BCUT2D eigenvalue weighted by Gasteiger charge is -2.08. The van der Waals surface area contributed by atoms with Gasteiger partial charge in [0.2, 0.25) is 0 Å². The lowest BCUT2D eigenvalue weighted by Crippen LogP contribution is -2.16. The molecule has 0 atom stereocenters. The number of anilines is 1. The summed E-state index contributed by atoms with van der Waals surface area (Å²) in [6.45, 7) is 0. The normalized spacial score (nSPS) is 14.1. The second-order valence-electron chi connectivity index (χ2n) is 6.20. The van der Waals surface area contributed by atoms with Crippen LogP contribution in [-0.4, -0.2) is 15.6 Å². The van der Waals surface area contributed by atoms with Gasteiger partial charge in [-0.15, -0.1) is 11.3 Å². The molecule has 0 radical (unpaired) electrons. The van der Waals surface area contributed by atoms with Crippen molar-refractivity contribution < 1.29 is 0 Å². The standard InChI is InChI=1S/C21H14N4OS/c22-19-16(10-14-11-23-17-9-5-4-8-15(14)17)20(26)24-21-25(19)18(12-27-21)13-6-2-1-3-7-13/h1-12H,22H2/b14-10-. The predicted molar refractivity (Wildman–Crippen MR) is 112 cm³/mol. The van der Waals surface area contributed by atoms with E-state index in [1.807, 2.05) is 64.4 Å². The first-order chi connectivity index (χ1) is 13.2. The molecule has 1 aliphatic heterocycles. The molecule has 0 unspecified atom stereocenters. The number of thiazole rings is 1. The SMILES string of the molecule is Nc1c(/C=C2/C=Nc3ccccc32)c(=O)nc2scc(-c3ccccc3)n12. The van der Waals surface area contributed by atoms with Gasteiger partial charge in [0, 0.05) is 22.7 Å². The van der Waals surface area contributed by atoms with Crippen LogP contribution in [0, 0.1) is 0 Å². The summed E-state index contributed by atoms with van der Waals surface area (Å²) in [6.07, 6.45) is 3.53. The summed E-state index contributed by atoms with van der Waals surface area (Å²) in [5.41, 5.74) is 11.1. The molecule has 0 bridgehead atoms. The zero-order valence-electron chi connectivity index (χ0n) is 14.2. The van der Waals surface area contributed by atoms with Crippen LogP contribution in [0.25, 0.3) is 27.9 Å². The summed E-state index contributed by atoms with van der Waals surface area (Å²) < 4.78 is 1.84. The minimum atomic E-state index is -0.334. The quantitative estimate of drug-likeness (QED) is 0.573. The molecule has 0 saturated carbocycles. The van der Waals surface area contributed by atoms with E-state index in [1.165, 1.54) is 11.3 Å². The molecule has 130 valence electrons. The van der Waals surface area contributed by atoms with Crippen LogP contribution in [0.5, 0.6) is 0 Å². The first kappa shape index (κ1) is 15.7. The van der Waals surface area contributed by atoms with Crippen molar-refractivity contribution in [2.75, 3.05) is 5.73 Å². The smallest absolute Gasteiger partial charge is 0.283 e. The van der Waals surface area contributed by atoms with E-state index in [1.54, 1.807) is 12.3 Å². The van der Waals surface area contributed by atoms with Crippen LogP contribution in [0.1, 0.15) is 11.1 Å². The first-order valence-electron chi connectivity index (χ1n) is 8.43. The van der Waals surface area contributed by atoms with Gasteiger partial charge in [-0.25, -0.2) is 0 Å². The maximum absolute atomic E-state index is 12.6. The lowest BCUT2D eigenvalue weighted by atomic mass is 10.1. The van der Waals surface area contributed by atoms with E-state index in [0.717, 1.165) is 28.1 Å². The van der Waals surface area contributed by atoms with Crippen LogP contribution in [-0.2, 0) is 0 Å². The molecule has 1 aliphatic rings. The Morgan fingerprint density at radius 1 is 1.04 bits per heavy atom. The number of aliphatic imine (C=N–C) groups is 1. The average molecular weight is 370 g/mol. The van der Waals surface area contributed by atoms with Gasteiger partial charge in [0.1, 0.15) is 5.82 Å². The molecule has 6 heteroatoms. The zero-order chi connectivity index (χ0) is 18.4. The van der Waals surface area contributed by atoms with E-state index in [4.69, 9.17) is 5.73 Å². The van der Waals surface area contributed by atoms with Crippen molar-refractivity contribution in [1.29, 1.82) is 0 Å². The number of para-hydroxylation sites is 1. The van der Waals surface area contributed by atoms with E-state index in [-0.39, 0.29) is 5.56 Å². The highest BCUT2D eigenvalue weighted by Gasteiger charge is 2.17.